The number of hydrogen-bond donors (Lipinski definition) is 1. The quantitative estimate of drug-likeness (QED) is 0.900. The van der Waals surface area contributed by atoms with Gasteiger partial charge in [0.25, 0.3) is 0 Å². The van der Waals surface area contributed by atoms with Gasteiger partial charge in [0.2, 0.25) is 0 Å². The molecule has 0 spiro atoms. The molecule has 0 bridgehead atoms. The van der Waals surface area contributed by atoms with Gasteiger partial charge in [0.05, 0.1) is 0 Å². The monoisotopic (exact) mass is 242 g/mol. The predicted molar refractivity (Wildman–Crippen MR) is 72.6 cm³/mol. The van der Waals surface area contributed by atoms with Crippen molar-refractivity contribution in [1.29, 1.82) is 0 Å². The molecule has 3 heteroatoms. The molecule has 2 N–H and O–H groups in total. The Morgan fingerprint density at radius 1 is 1.22 bits per heavy atom. The number of rotatable bonds is 3. The standard InChI is InChI=1S/C15H18N2O/c16-10-12-5-2-7-13(12)18-14-8-1-4-11-6-3-9-17-15(11)14/h1,3-4,6,8-9,12-13H,2,5,7,10,16H2. The van der Waals surface area contributed by atoms with Gasteiger partial charge in [-0.05, 0) is 37.9 Å². The van der Waals surface area contributed by atoms with Crippen molar-refractivity contribution in [2.75, 3.05) is 6.54 Å². The molecule has 1 heterocycles. The average molecular weight is 242 g/mol. The topological polar surface area (TPSA) is 48.1 Å². The number of nitrogens with two attached hydrogens (primary N) is 1. The Hall–Kier alpha value is -1.61. The number of aromatic nitrogens is 1. The van der Waals surface area contributed by atoms with E-state index in [-0.39, 0.29) is 6.10 Å². The van der Waals surface area contributed by atoms with Crippen molar-refractivity contribution in [3.05, 3.63) is 36.5 Å². The lowest BCUT2D eigenvalue weighted by Crippen LogP contribution is -2.27. The maximum absolute atomic E-state index is 6.15. The first kappa shape index (κ1) is 11.5. The fourth-order valence-corrected chi connectivity index (χ4v) is 2.76. The number of fused-ring (bicyclic) bond motifs is 1. The van der Waals surface area contributed by atoms with Crippen LogP contribution in [-0.2, 0) is 0 Å². The number of nitrogens with zero attached hydrogens (tertiary/aromatic N) is 1. The molecule has 1 aromatic heterocycles. The molecular weight excluding hydrogens is 224 g/mol. The van der Waals surface area contributed by atoms with Crippen LogP contribution in [-0.4, -0.2) is 17.6 Å². The first-order valence-corrected chi connectivity index (χ1v) is 6.59. The molecule has 2 aromatic rings. The van der Waals surface area contributed by atoms with Crippen LogP contribution in [0, 0.1) is 5.92 Å². The van der Waals surface area contributed by atoms with E-state index in [0.29, 0.717) is 12.5 Å². The van der Waals surface area contributed by atoms with Gasteiger partial charge in [-0.15, -0.1) is 0 Å². The van der Waals surface area contributed by atoms with Crippen molar-refractivity contribution in [1.82, 2.24) is 4.98 Å². The van der Waals surface area contributed by atoms with Crippen molar-refractivity contribution in [2.24, 2.45) is 11.7 Å². The van der Waals surface area contributed by atoms with Crippen LogP contribution in [0.1, 0.15) is 19.3 Å². The van der Waals surface area contributed by atoms with Crippen LogP contribution in [0.15, 0.2) is 36.5 Å². The van der Waals surface area contributed by atoms with Gasteiger partial charge < -0.3 is 10.5 Å². The van der Waals surface area contributed by atoms with Gasteiger partial charge in [-0.25, -0.2) is 0 Å². The summed E-state index contributed by atoms with van der Waals surface area (Å²) in [7, 11) is 0. The Morgan fingerprint density at radius 2 is 2.11 bits per heavy atom. The normalized spacial score (nSPS) is 23.4. The molecule has 1 aromatic carbocycles. The Morgan fingerprint density at radius 3 is 3.00 bits per heavy atom. The zero-order valence-corrected chi connectivity index (χ0v) is 10.4. The highest BCUT2D eigenvalue weighted by Crippen LogP contribution is 2.31. The number of pyridine rings is 1. The summed E-state index contributed by atoms with van der Waals surface area (Å²) in [6, 6.07) is 10.1. The third-order valence-corrected chi connectivity index (χ3v) is 3.77. The summed E-state index contributed by atoms with van der Waals surface area (Å²) in [6.07, 6.45) is 5.56. The molecule has 1 aliphatic carbocycles. The lowest BCUT2D eigenvalue weighted by molar-refractivity contribution is 0.164. The van der Waals surface area contributed by atoms with Crippen LogP contribution in [0.4, 0.5) is 0 Å². The minimum absolute atomic E-state index is 0.252. The smallest absolute Gasteiger partial charge is 0.145 e. The Balaban J connectivity index is 1.90. The van der Waals surface area contributed by atoms with E-state index in [1.54, 1.807) is 0 Å². The highest BCUT2D eigenvalue weighted by molar-refractivity contribution is 5.84. The van der Waals surface area contributed by atoms with Crippen LogP contribution in [0.25, 0.3) is 10.9 Å². The van der Waals surface area contributed by atoms with Gasteiger partial charge in [-0.2, -0.15) is 0 Å². The third kappa shape index (κ3) is 2.06. The summed E-state index contributed by atoms with van der Waals surface area (Å²) in [5.74, 6) is 1.38. The van der Waals surface area contributed by atoms with E-state index in [1.807, 2.05) is 24.4 Å². The van der Waals surface area contributed by atoms with Crippen molar-refractivity contribution in [3.63, 3.8) is 0 Å². The van der Waals surface area contributed by atoms with E-state index in [9.17, 15) is 0 Å². The Bertz CT molecular complexity index is 536. The lowest BCUT2D eigenvalue weighted by atomic mass is 10.1. The van der Waals surface area contributed by atoms with Crippen molar-refractivity contribution >= 4 is 10.9 Å². The van der Waals surface area contributed by atoms with Gasteiger partial charge in [0.15, 0.2) is 0 Å². The van der Waals surface area contributed by atoms with Crippen LogP contribution in [0.3, 0.4) is 0 Å². The van der Waals surface area contributed by atoms with E-state index in [1.165, 1.54) is 12.8 Å². The van der Waals surface area contributed by atoms with Crippen molar-refractivity contribution < 1.29 is 4.74 Å². The number of ether oxygens (including phenoxy) is 1. The summed E-state index contributed by atoms with van der Waals surface area (Å²) < 4.78 is 6.15. The van der Waals surface area contributed by atoms with Gasteiger partial charge >= 0.3 is 0 Å². The minimum atomic E-state index is 0.252. The lowest BCUT2D eigenvalue weighted by Gasteiger charge is -2.20. The molecular formula is C15H18N2O. The van der Waals surface area contributed by atoms with E-state index >= 15 is 0 Å². The number of para-hydroxylation sites is 1. The molecule has 0 aliphatic heterocycles. The molecule has 18 heavy (non-hydrogen) atoms. The summed E-state index contributed by atoms with van der Waals surface area (Å²) in [5, 5.41) is 1.12. The largest absolute Gasteiger partial charge is 0.488 e. The first-order valence-electron chi connectivity index (χ1n) is 6.59. The zero-order chi connectivity index (χ0) is 12.4. The van der Waals surface area contributed by atoms with E-state index in [4.69, 9.17) is 10.5 Å². The summed E-state index contributed by atoms with van der Waals surface area (Å²) in [6.45, 7) is 0.711. The van der Waals surface area contributed by atoms with E-state index < -0.39 is 0 Å². The number of hydrogen-bond acceptors (Lipinski definition) is 3. The molecule has 2 atom stereocenters. The van der Waals surface area contributed by atoms with E-state index in [2.05, 4.69) is 17.1 Å². The molecule has 3 nitrogen and oxygen atoms in total. The fourth-order valence-electron chi connectivity index (χ4n) is 2.76. The fraction of sp³-hybridized carbons (Fsp3) is 0.400. The molecule has 0 amide bonds. The molecule has 94 valence electrons. The van der Waals surface area contributed by atoms with E-state index in [0.717, 1.165) is 23.1 Å². The minimum Gasteiger partial charge on any atom is -0.488 e. The SMILES string of the molecule is NCC1CCCC1Oc1cccc2cccnc12. The molecule has 3 rings (SSSR count). The molecule has 1 fully saturated rings. The maximum Gasteiger partial charge on any atom is 0.145 e. The highest BCUT2D eigenvalue weighted by atomic mass is 16.5. The van der Waals surface area contributed by atoms with Gasteiger partial charge in [0, 0.05) is 17.5 Å². The van der Waals surface area contributed by atoms with Crippen LogP contribution in [0.2, 0.25) is 0 Å². The van der Waals surface area contributed by atoms with Gasteiger partial charge in [-0.1, -0.05) is 18.2 Å². The number of benzene rings is 1. The summed E-state index contributed by atoms with van der Waals surface area (Å²) in [5.41, 5.74) is 6.74. The predicted octanol–water partition coefficient (Wildman–Crippen LogP) is 2.74. The summed E-state index contributed by atoms with van der Waals surface area (Å²) in [4.78, 5) is 4.42. The van der Waals surface area contributed by atoms with Crippen molar-refractivity contribution in [3.8, 4) is 5.75 Å². The third-order valence-electron chi connectivity index (χ3n) is 3.77. The zero-order valence-electron chi connectivity index (χ0n) is 10.4. The molecule has 1 saturated carbocycles. The maximum atomic E-state index is 6.15. The molecule has 2 unspecified atom stereocenters. The first-order chi connectivity index (χ1) is 8.88. The van der Waals surface area contributed by atoms with Crippen LogP contribution in [0.5, 0.6) is 5.75 Å². The Kier molecular flexibility index (Phi) is 3.15. The Labute approximate surface area is 107 Å². The molecule has 1 aliphatic rings. The van der Waals surface area contributed by atoms with Crippen LogP contribution < -0.4 is 10.5 Å². The molecule has 0 saturated heterocycles. The van der Waals surface area contributed by atoms with Gasteiger partial charge in [0.1, 0.15) is 17.4 Å². The highest BCUT2D eigenvalue weighted by Gasteiger charge is 2.28. The second kappa shape index (κ2) is 4.94. The average Bonchev–Trinajstić information content (AvgIpc) is 2.86. The van der Waals surface area contributed by atoms with Gasteiger partial charge in [-0.3, -0.25) is 4.98 Å². The summed E-state index contributed by atoms with van der Waals surface area (Å²) >= 11 is 0. The van der Waals surface area contributed by atoms with Crippen molar-refractivity contribution in [2.45, 2.75) is 25.4 Å². The second-order valence-corrected chi connectivity index (χ2v) is 4.91. The van der Waals surface area contributed by atoms with Crippen LogP contribution >= 0.6 is 0 Å². The molecule has 0 radical (unpaired) electrons. The second-order valence-electron chi connectivity index (χ2n) is 4.91.